The third kappa shape index (κ3) is 4.93. The molecule has 0 aliphatic heterocycles. The third-order valence-electron chi connectivity index (χ3n) is 5.28. The van der Waals surface area contributed by atoms with Gasteiger partial charge >= 0.3 is 6.18 Å². The van der Waals surface area contributed by atoms with E-state index in [0.29, 0.717) is 11.4 Å². The number of ether oxygens (including phenoxy) is 1. The van der Waals surface area contributed by atoms with Crippen molar-refractivity contribution in [2.45, 2.75) is 20.0 Å². The topological polar surface area (TPSA) is 81.3 Å². The molecular weight excluding hydrogens is 457 g/mol. The predicted molar refractivity (Wildman–Crippen MR) is 127 cm³/mol. The van der Waals surface area contributed by atoms with Crippen LogP contribution in [0.4, 0.5) is 30.5 Å². The number of carbonyl (C=O) groups excluding carboxylic acids is 1. The van der Waals surface area contributed by atoms with Crippen LogP contribution in [0.25, 0.3) is 0 Å². The van der Waals surface area contributed by atoms with Crippen LogP contribution in [0.5, 0.6) is 11.6 Å². The Morgan fingerprint density at radius 3 is 2.20 bits per heavy atom. The summed E-state index contributed by atoms with van der Waals surface area (Å²) in [6.07, 6.45) is -3.52. The molecule has 0 saturated carbocycles. The Morgan fingerprint density at radius 1 is 0.914 bits per heavy atom. The number of aromatic nitrogens is 2. The number of hydrogen-bond acceptors (Lipinski definition) is 5. The van der Waals surface area contributed by atoms with Crippen molar-refractivity contribution in [3.8, 4) is 11.6 Å². The summed E-state index contributed by atoms with van der Waals surface area (Å²) in [7, 11) is 0. The fraction of sp³-hybridized carbons (Fsp3) is 0.115. The van der Waals surface area contributed by atoms with Gasteiger partial charge in [0.25, 0.3) is 5.91 Å². The van der Waals surface area contributed by atoms with E-state index >= 15 is 0 Å². The zero-order valence-electron chi connectivity index (χ0n) is 18.9. The molecular formula is C26H21F3N4O2. The quantitative estimate of drug-likeness (QED) is 0.356. The smallest absolute Gasteiger partial charge is 0.419 e. The number of alkyl halides is 3. The molecule has 9 heteroatoms. The molecule has 1 heterocycles. The van der Waals surface area contributed by atoms with Crippen molar-refractivity contribution in [2.24, 2.45) is 0 Å². The van der Waals surface area contributed by atoms with Crippen molar-refractivity contribution in [1.82, 2.24) is 9.97 Å². The second kappa shape index (κ2) is 9.46. The van der Waals surface area contributed by atoms with Gasteiger partial charge in [-0.15, -0.1) is 0 Å². The summed E-state index contributed by atoms with van der Waals surface area (Å²) >= 11 is 0. The highest BCUT2D eigenvalue weighted by Gasteiger charge is 2.35. The first-order chi connectivity index (χ1) is 16.7. The molecule has 0 atom stereocenters. The van der Waals surface area contributed by atoms with Crippen molar-refractivity contribution < 1.29 is 22.7 Å². The molecule has 35 heavy (non-hydrogen) atoms. The molecule has 0 bridgehead atoms. The molecule has 0 unspecified atom stereocenters. The Hall–Kier alpha value is -4.40. The third-order valence-corrected chi connectivity index (χ3v) is 5.28. The molecule has 0 aliphatic rings. The number of amides is 1. The lowest BCUT2D eigenvalue weighted by molar-refractivity contribution is -0.138. The van der Waals surface area contributed by atoms with Gasteiger partial charge in [0.2, 0.25) is 11.8 Å². The molecule has 0 saturated heterocycles. The van der Waals surface area contributed by atoms with Crippen LogP contribution in [0.15, 0.2) is 79.0 Å². The SMILES string of the molecule is Cc1cccc(C)c1N(C(=O)c1cnc(N)nc1Oc1ccccc1C(F)(F)F)c1ccccc1. The number of nitrogen functional groups attached to an aromatic ring is 1. The van der Waals surface area contributed by atoms with E-state index in [1.807, 2.05) is 38.1 Å². The second-order valence-corrected chi connectivity index (χ2v) is 7.76. The van der Waals surface area contributed by atoms with Gasteiger partial charge in [-0.3, -0.25) is 9.69 Å². The molecule has 178 valence electrons. The van der Waals surface area contributed by atoms with E-state index in [1.165, 1.54) is 17.0 Å². The average Bonchev–Trinajstić information content (AvgIpc) is 2.81. The summed E-state index contributed by atoms with van der Waals surface area (Å²) in [5.41, 5.74) is 7.36. The minimum Gasteiger partial charge on any atom is -0.437 e. The van der Waals surface area contributed by atoms with Gasteiger partial charge in [0.1, 0.15) is 11.3 Å². The van der Waals surface area contributed by atoms with E-state index in [2.05, 4.69) is 9.97 Å². The molecule has 2 N–H and O–H groups in total. The first-order valence-corrected chi connectivity index (χ1v) is 10.6. The standard InChI is InChI=1S/C26H21F3N4O2/c1-16-9-8-10-17(2)22(16)33(18-11-4-3-5-12-18)24(34)19-15-31-25(30)32-23(19)35-21-14-7-6-13-20(21)26(27,28)29/h3-15H,1-2H3,(H2,30,31,32). The molecule has 0 aliphatic carbocycles. The predicted octanol–water partition coefficient (Wildman–Crippen LogP) is 6.47. The average molecular weight is 478 g/mol. The highest BCUT2D eigenvalue weighted by Crippen LogP contribution is 2.39. The lowest BCUT2D eigenvalue weighted by Crippen LogP contribution is -2.28. The number of carbonyl (C=O) groups is 1. The Morgan fingerprint density at radius 2 is 1.54 bits per heavy atom. The van der Waals surface area contributed by atoms with E-state index in [1.54, 1.807) is 24.3 Å². The van der Waals surface area contributed by atoms with E-state index in [4.69, 9.17) is 10.5 Å². The molecule has 1 aromatic heterocycles. The van der Waals surface area contributed by atoms with Gasteiger partial charge in [-0.2, -0.15) is 18.2 Å². The number of anilines is 3. The first kappa shape index (κ1) is 23.7. The number of benzene rings is 3. The monoisotopic (exact) mass is 478 g/mol. The molecule has 1 amide bonds. The summed E-state index contributed by atoms with van der Waals surface area (Å²) in [5, 5.41) is 0. The van der Waals surface area contributed by atoms with E-state index in [9.17, 15) is 18.0 Å². The van der Waals surface area contributed by atoms with Gasteiger partial charge in [0, 0.05) is 11.9 Å². The Kier molecular flexibility index (Phi) is 6.42. The zero-order valence-corrected chi connectivity index (χ0v) is 18.9. The van der Waals surface area contributed by atoms with Gasteiger partial charge in [-0.05, 0) is 49.2 Å². The lowest BCUT2D eigenvalue weighted by Gasteiger charge is -2.27. The maximum Gasteiger partial charge on any atom is 0.419 e. The number of para-hydroxylation sites is 3. The van der Waals surface area contributed by atoms with Crippen molar-refractivity contribution >= 4 is 23.2 Å². The number of rotatable bonds is 5. The largest absolute Gasteiger partial charge is 0.437 e. The maximum atomic E-state index is 14.0. The lowest BCUT2D eigenvalue weighted by atomic mass is 10.1. The second-order valence-electron chi connectivity index (χ2n) is 7.76. The van der Waals surface area contributed by atoms with E-state index < -0.39 is 23.4 Å². The van der Waals surface area contributed by atoms with Crippen molar-refractivity contribution in [3.63, 3.8) is 0 Å². The summed E-state index contributed by atoms with van der Waals surface area (Å²) < 4.78 is 46.2. The van der Waals surface area contributed by atoms with Crippen LogP contribution in [0.1, 0.15) is 27.0 Å². The fourth-order valence-corrected chi connectivity index (χ4v) is 3.70. The summed E-state index contributed by atoms with van der Waals surface area (Å²) in [6.45, 7) is 3.73. The molecule has 4 rings (SSSR count). The van der Waals surface area contributed by atoms with E-state index in [0.717, 1.165) is 29.5 Å². The summed E-state index contributed by atoms with van der Waals surface area (Å²) in [5.74, 6) is -1.73. The van der Waals surface area contributed by atoms with Gasteiger partial charge in [-0.1, -0.05) is 48.5 Å². The minimum atomic E-state index is -4.67. The van der Waals surface area contributed by atoms with Gasteiger partial charge in [-0.25, -0.2) is 4.98 Å². The molecule has 3 aromatic carbocycles. The summed E-state index contributed by atoms with van der Waals surface area (Å²) in [6, 6.07) is 19.1. The number of nitrogens with two attached hydrogens (primary N) is 1. The highest BCUT2D eigenvalue weighted by molar-refractivity contribution is 6.12. The van der Waals surface area contributed by atoms with Gasteiger partial charge in [0.05, 0.1) is 11.3 Å². The van der Waals surface area contributed by atoms with E-state index in [-0.39, 0.29) is 17.4 Å². The fourth-order valence-electron chi connectivity index (χ4n) is 3.70. The maximum absolute atomic E-state index is 14.0. The van der Waals surface area contributed by atoms with Gasteiger partial charge in [0.15, 0.2) is 0 Å². The van der Waals surface area contributed by atoms with Crippen LogP contribution in [0.2, 0.25) is 0 Å². The van der Waals surface area contributed by atoms with Crippen LogP contribution in [-0.2, 0) is 6.18 Å². The van der Waals surface area contributed by atoms with Crippen molar-refractivity contribution in [3.05, 3.63) is 101 Å². The van der Waals surface area contributed by atoms with Crippen LogP contribution >= 0.6 is 0 Å². The number of nitrogens with zero attached hydrogens (tertiary/aromatic N) is 3. The van der Waals surface area contributed by atoms with Crippen molar-refractivity contribution in [2.75, 3.05) is 10.6 Å². The summed E-state index contributed by atoms with van der Waals surface area (Å²) in [4.78, 5) is 23.3. The number of aryl methyl sites for hydroxylation is 2. The Labute approximate surface area is 199 Å². The van der Waals surface area contributed by atoms with Crippen LogP contribution < -0.4 is 15.4 Å². The van der Waals surface area contributed by atoms with Crippen molar-refractivity contribution in [1.29, 1.82) is 0 Å². The zero-order chi connectivity index (χ0) is 25.2. The van der Waals surface area contributed by atoms with Crippen LogP contribution in [0.3, 0.4) is 0 Å². The minimum absolute atomic E-state index is 0.150. The molecule has 6 nitrogen and oxygen atoms in total. The Bertz CT molecular complexity index is 1350. The van der Waals surface area contributed by atoms with Crippen LogP contribution in [-0.4, -0.2) is 15.9 Å². The molecule has 4 aromatic rings. The number of hydrogen-bond donors (Lipinski definition) is 1. The highest BCUT2D eigenvalue weighted by atomic mass is 19.4. The Balaban J connectivity index is 1.86. The molecule has 0 fully saturated rings. The normalized spacial score (nSPS) is 11.2. The first-order valence-electron chi connectivity index (χ1n) is 10.6. The molecule has 0 radical (unpaired) electrons. The molecule has 0 spiro atoms. The van der Waals surface area contributed by atoms with Crippen LogP contribution in [0, 0.1) is 13.8 Å². The van der Waals surface area contributed by atoms with Gasteiger partial charge < -0.3 is 10.5 Å². The number of halogens is 3.